The summed E-state index contributed by atoms with van der Waals surface area (Å²) < 4.78 is 2.19. The van der Waals surface area contributed by atoms with Crippen LogP contribution < -0.4 is 5.32 Å². The Labute approximate surface area is 133 Å². The molecular weight excluding hydrogens is 397 g/mol. The van der Waals surface area contributed by atoms with Gasteiger partial charge < -0.3 is 5.32 Å². The molecule has 1 aromatic carbocycles. The number of aryl methyl sites for hydroxylation is 1. The minimum atomic E-state index is 0.162. The number of thiophene rings is 1. The Kier molecular flexibility index (Phi) is 4.89. The molecule has 18 heavy (non-hydrogen) atoms. The smallest absolute Gasteiger partial charge is 0.0843 e. The fourth-order valence-corrected chi connectivity index (χ4v) is 4.44. The number of hydrogen-bond donors (Lipinski definition) is 1. The maximum Gasteiger partial charge on any atom is 0.0843 e. The van der Waals surface area contributed by atoms with E-state index in [1.54, 1.807) is 11.3 Å². The molecule has 0 spiro atoms. The van der Waals surface area contributed by atoms with Crippen molar-refractivity contribution in [1.82, 2.24) is 5.32 Å². The molecule has 1 nitrogen and oxygen atoms in total. The largest absolute Gasteiger partial charge is 0.309 e. The first-order chi connectivity index (χ1) is 8.51. The third-order valence-electron chi connectivity index (χ3n) is 2.64. The van der Waals surface area contributed by atoms with E-state index in [4.69, 9.17) is 11.6 Å². The van der Waals surface area contributed by atoms with Crippen LogP contribution in [0.5, 0.6) is 0 Å². The zero-order valence-electron chi connectivity index (χ0n) is 9.93. The van der Waals surface area contributed by atoms with Crippen molar-refractivity contribution >= 4 is 54.8 Å². The zero-order valence-corrected chi connectivity index (χ0v) is 14.7. The summed E-state index contributed by atoms with van der Waals surface area (Å²) in [5, 5.41) is 4.12. The Morgan fingerprint density at radius 3 is 2.44 bits per heavy atom. The lowest BCUT2D eigenvalue weighted by atomic mass is 10.0. The van der Waals surface area contributed by atoms with Crippen LogP contribution in [0.25, 0.3) is 0 Å². The molecule has 0 bridgehead atoms. The van der Waals surface area contributed by atoms with Gasteiger partial charge in [-0.3, -0.25) is 0 Å². The van der Waals surface area contributed by atoms with Crippen molar-refractivity contribution in [3.63, 3.8) is 0 Å². The molecule has 0 aliphatic carbocycles. The maximum absolute atomic E-state index is 6.13. The lowest BCUT2D eigenvalue weighted by molar-refractivity contribution is 0.703. The summed E-state index contributed by atoms with van der Waals surface area (Å²) in [6.45, 7) is 2.06. The predicted molar refractivity (Wildman–Crippen MR) is 86.8 cm³/mol. The third-order valence-corrected chi connectivity index (χ3v) is 6.17. The molecule has 1 heterocycles. The second-order valence-electron chi connectivity index (χ2n) is 4.05. The van der Waals surface area contributed by atoms with Crippen LogP contribution in [0.1, 0.15) is 22.0 Å². The molecule has 0 aliphatic rings. The molecule has 0 saturated heterocycles. The van der Waals surface area contributed by atoms with E-state index in [0.29, 0.717) is 0 Å². The van der Waals surface area contributed by atoms with Gasteiger partial charge in [0.1, 0.15) is 0 Å². The van der Waals surface area contributed by atoms with E-state index in [-0.39, 0.29) is 6.04 Å². The van der Waals surface area contributed by atoms with E-state index in [1.807, 2.05) is 19.2 Å². The van der Waals surface area contributed by atoms with Crippen LogP contribution in [0, 0.1) is 6.92 Å². The summed E-state index contributed by atoms with van der Waals surface area (Å²) in [4.78, 5) is 1.25. The van der Waals surface area contributed by atoms with Crippen molar-refractivity contribution in [3.05, 3.63) is 53.6 Å². The van der Waals surface area contributed by atoms with Gasteiger partial charge in [-0.2, -0.15) is 0 Å². The Morgan fingerprint density at radius 2 is 1.94 bits per heavy atom. The van der Waals surface area contributed by atoms with Crippen LogP contribution in [0.2, 0.25) is 5.02 Å². The van der Waals surface area contributed by atoms with E-state index in [1.165, 1.54) is 16.0 Å². The van der Waals surface area contributed by atoms with Gasteiger partial charge >= 0.3 is 0 Å². The van der Waals surface area contributed by atoms with Gasteiger partial charge in [-0.25, -0.2) is 0 Å². The summed E-state index contributed by atoms with van der Waals surface area (Å²) in [6, 6.07) is 8.44. The average molecular weight is 410 g/mol. The quantitative estimate of drug-likeness (QED) is 0.701. The van der Waals surface area contributed by atoms with Gasteiger partial charge in [-0.1, -0.05) is 17.7 Å². The highest BCUT2D eigenvalue weighted by atomic mass is 79.9. The minimum absolute atomic E-state index is 0.162. The maximum atomic E-state index is 6.13. The van der Waals surface area contributed by atoms with Gasteiger partial charge in [0, 0.05) is 14.4 Å². The molecule has 5 heteroatoms. The van der Waals surface area contributed by atoms with Gasteiger partial charge in [0.15, 0.2) is 0 Å². The molecule has 1 N–H and O–H groups in total. The molecule has 0 amide bonds. The van der Waals surface area contributed by atoms with Crippen molar-refractivity contribution in [3.8, 4) is 0 Å². The van der Waals surface area contributed by atoms with E-state index < -0.39 is 0 Å². The summed E-state index contributed by atoms with van der Waals surface area (Å²) >= 11 is 14.9. The zero-order chi connectivity index (χ0) is 13.3. The number of halogens is 3. The Balaban J connectivity index is 2.44. The van der Waals surface area contributed by atoms with Crippen molar-refractivity contribution < 1.29 is 0 Å². The van der Waals surface area contributed by atoms with Gasteiger partial charge in [0.05, 0.1) is 9.83 Å². The molecule has 2 aromatic rings. The fraction of sp³-hybridized carbons (Fsp3) is 0.231. The van der Waals surface area contributed by atoms with Crippen molar-refractivity contribution in [1.29, 1.82) is 0 Å². The Hall–Kier alpha value is 0.130. The summed E-state index contributed by atoms with van der Waals surface area (Å²) in [6.07, 6.45) is 0. The van der Waals surface area contributed by atoms with Crippen molar-refractivity contribution in [2.45, 2.75) is 13.0 Å². The first-order valence-electron chi connectivity index (χ1n) is 5.40. The minimum Gasteiger partial charge on any atom is -0.309 e. The lowest BCUT2D eigenvalue weighted by Crippen LogP contribution is -2.16. The summed E-state index contributed by atoms with van der Waals surface area (Å²) in [7, 11) is 1.96. The van der Waals surface area contributed by atoms with Crippen LogP contribution in [0.15, 0.2) is 32.5 Å². The Morgan fingerprint density at radius 1 is 1.22 bits per heavy atom. The second kappa shape index (κ2) is 6.06. The van der Waals surface area contributed by atoms with Crippen molar-refractivity contribution in [2.24, 2.45) is 0 Å². The van der Waals surface area contributed by atoms with Crippen LogP contribution in [-0.4, -0.2) is 7.05 Å². The number of hydrogen-bond acceptors (Lipinski definition) is 2. The van der Waals surface area contributed by atoms with Gasteiger partial charge in [-0.15, -0.1) is 11.3 Å². The molecule has 96 valence electrons. The fourth-order valence-electron chi connectivity index (χ4n) is 1.91. The molecular formula is C13H12Br2ClNS. The van der Waals surface area contributed by atoms with E-state index in [9.17, 15) is 0 Å². The highest BCUT2D eigenvalue weighted by Crippen LogP contribution is 2.38. The molecule has 1 atom stereocenters. The van der Waals surface area contributed by atoms with E-state index in [0.717, 1.165) is 13.3 Å². The van der Waals surface area contributed by atoms with Crippen LogP contribution in [0.4, 0.5) is 0 Å². The molecule has 0 radical (unpaired) electrons. The molecule has 1 aromatic heterocycles. The van der Waals surface area contributed by atoms with Gasteiger partial charge in [-0.05, 0) is 75.2 Å². The molecule has 0 saturated carbocycles. The van der Waals surface area contributed by atoms with E-state index >= 15 is 0 Å². The Bertz CT molecular complexity index is 528. The first-order valence-corrected chi connectivity index (χ1v) is 8.18. The van der Waals surface area contributed by atoms with Crippen molar-refractivity contribution in [2.75, 3.05) is 7.05 Å². The standard InChI is InChI=1S/C13H12Br2ClNS/c1-7-3-8(5-9(16)4-7)12(17-2)11-6-10(14)13(15)18-11/h3-6,12,17H,1-2H3. The van der Waals surface area contributed by atoms with Crippen LogP contribution >= 0.6 is 54.8 Å². The topological polar surface area (TPSA) is 12.0 Å². The SMILES string of the molecule is CNC(c1cc(C)cc(Cl)c1)c1cc(Br)c(Br)s1. The average Bonchev–Trinajstić information content (AvgIpc) is 2.58. The molecule has 2 rings (SSSR count). The summed E-state index contributed by atoms with van der Waals surface area (Å²) in [5.41, 5.74) is 2.36. The number of benzene rings is 1. The monoisotopic (exact) mass is 407 g/mol. The van der Waals surface area contributed by atoms with Gasteiger partial charge in [0.25, 0.3) is 0 Å². The number of rotatable bonds is 3. The van der Waals surface area contributed by atoms with E-state index in [2.05, 4.69) is 56.2 Å². The highest BCUT2D eigenvalue weighted by molar-refractivity contribution is 9.13. The highest BCUT2D eigenvalue weighted by Gasteiger charge is 2.16. The molecule has 0 fully saturated rings. The molecule has 1 unspecified atom stereocenters. The first kappa shape index (κ1) is 14.5. The van der Waals surface area contributed by atoms with Gasteiger partial charge in [0.2, 0.25) is 0 Å². The predicted octanol–water partition coefficient (Wildman–Crippen LogP) is 5.54. The third kappa shape index (κ3) is 3.17. The second-order valence-corrected chi connectivity index (χ2v) is 7.75. The normalized spacial score (nSPS) is 12.7. The molecule has 0 aliphatic heterocycles. The summed E-state index contributed by atoms with van der Waals surface area (Å²) in [5.74, 6) is 0. The van der Waals surface area contributed by atoms with Crippen LogP contribution in [0.3, 0.4) is 0 Å². The number of nitrogens with one attached hydrogen (secondary N) is 1. The van der Waals surface area contributed by atoms with Crippen LogP contribution in [-0.2, 0) is 0 Å². The lowest BCUT2D eigenvalue weighted by Gasteiger charge is -2.16.